The van der Waals surface area contributed by atoms with Crippen molar-refractivity contribution in [3.8, 4) is 22.6 Å². The van der Waals surface area contributed by atoms with E-state index in [4.69, 9.17) is 9.47 Å². The van der Waals surface area contributed by atoms with Crippen LogP contribution in [0, 0.1) is 0 Å². The summed E-state index contributed by atoms with van der Waals surface area (Å²) in [5, 5.41) is 0. The maximum absolute atomic E-state index is 13.0. The van der Waals surface area contributed by atoms with E-state index in [1.807, 2.05) is 12.1 Å². The molecule has 0 atom stereocenters. The first-order valence-corrected chi connectivity index (χ1v) is 12.7. The maximum atomic E-state index is 13.0. The number of sulfone groups is 1. The highest BCUT2D eigenvalue weighted by molar-refractivity contribution is 7.92. The summed E-state index contributed by atoms with van der Waals surface area (Å²) in [5.41, 5.74) is 1.37. The molecule has 1 aliphatic rings. The van der Waals surface area contributed by atoms with Gasteiger partial charge in [-0.3, -0.25) is 0 Å². The van der Waals surface area contributed by atoms with E-state index in [0.29, 0.717) is 45.6 Å². The van der Waals surface area contributed by atoms with E-state index in [1.54, 1.807) is 24.3 Å². The molecule has 0 aliphatic carbocycles. The van der Waals surface area contributed by atoms with Crippen molar-refractivity contribution < 1.29 is 17.9 Å². The third-order valence-corrected chi connectivity index (χ3v) is 7.78. The molecule has 7 heteroatoms. The van der Waals surface area contributed by atoms with Crippen molar-refractivity contribution in [1.29, 1.82) is 0 Å². The fourth-order valence-electron chi connectivity index (χ4n) is 3.87. The molecule has 1 heterocycles. The summed E-state index contributed by atoms with van der Waals surface area (Å²) in [6.07, 6.45) is 0. The maximum Gasteiger partial charge on any atom is 0.207 e. The molecule has 0 spiro atoms. The first kappa shape index (κ1) is 23.6. The molecule has 2 aromatic rings. The van der Waals surface area contributed by atoms with Gasteiger partial charge >= 0.3 is 0 Å². The molecular weight excluding hydrogens is 412 g/mol. The van der Waals surface area contributed by atoms with Crippen molar-refractivity contribution in [3.05, 3.63) is 36.4 Å². The van der Waals surface area contributed by atoms with Crippen LogP contribution >= 0.6 is 0 Å². The average molecular weight is 447 g/mol. The molecule has 1 aliphatic heterocycles. The summed E-state index contributed by atoms with van der Waals surface area (Å²) in [5.74, 6) is 1.36. The lowest BCUT2D eigenvalue weighted by atomic mass is 10.1. The molecule has 0 unspecified atom stereocenters. The Kier molecular flexibility index (Phi) is 7.97. The molecule has 0 fully saturated rings. The molecule has 0 saturated carbocycles. The van der Waals surface area contributed by atoms with Crippen LogP contribution in [0.1, 0.15) is 27.7 Å². The van der Waals surface area contributed by atoms with Gasteiger partial charge in [0.15, 0.2) is 0 Å². The number of hydrogen-bond acceptors (Lipinski definition) is 6. The van der Waals surface area contributed by atoms with Gasteiger partial charge < -0.3 is 19.3 Å². The molecule has 0 amide bonds. The van der Waals surface area contributed by atoms with Gasteiger partial charge in [-0.15, -0.1) is 0 Å². The smallest absolute Gasteiger partial charge is 0.207 e. The van der Waals surface area contributed by atoms with Crippen LogP contribution in [0.2, 0.25) is 0 Å². The lowest BCUT2D eigenvalue weighted by molar-refractivity contribution is 0.222. The second-order valence-electron chi connectivity index (χ2n) is 7.57. The zero-order chi connectivity index (χ0) is 22.4. The van der Waals surface area contributed by atoms with Gasteiger partial charge in [0.25, 0.3) is 0 Å². The van der Waals surface area contributed by atoms with Gasteiger partial charge in [-0.2, -0.15) is 0 Å². The molecule has 0 aromatic heterocycles. The molecule has 0 bridgehead atoms. The highest BCUT2D eigenvalue weighted by Gasteiger charge is 2.33. The normalized spacial score (nSPS) is 14.0. The number of nitrogens with zero attached hydrogens (tertiary/aromatic N) is 2. The molecule has 0 saturated heterocycles. The van der Waals surface area contributed by atoms with E-state index >= 15 is 0 Å². The number of fused-ring (bicyclic) bond motifs is 3. The Morgan fingerprint density at radius 2 is 1.06 bits per heavy atom. The number of benzene rings is 2. The highest BCUT2D eigenvalue weighted by atomic mass is 32.2. The predicted octanol–water partition coefficient (Wildman–Crippen LogP) is 3.94. The van der Waals surface area contributed by atoms with Crippen LogP contribution in [-0.2, 0) is 9.84 Å². The Hall–Kier alpha value is -2.09. The summed E-state index contributed by atoms with van der Waals surface area (Å²) >= 11 is 0. The van der Waals surface area contributed by atoms with Crippen molar-refractivity contribution in [2.24, 2.45) is 0 Å². The highest BCUT2D eigenvalue weighted by Crippen LogP contribution is 2.45. The van der Waals surface area contributed by atoms with Gasteiger partial charge in [0.2, 0.25) is 9.84 Å². The van der Waals surface area contributed by atoms with Crippen molar-refractivity contribution in [2.75, 3.05) is 52.5 Å². The van der Waals surface area contributed by atoms with Crippen molar-refractivity contribution in [3.63, 3.8) is 0 Å². The lowest BCUT2D eigenvalue weighted by Gasteiger charge is -2.18. The van der Waals surface area contributed by atoms with E-state index in [2.05, 4.69) is 37.5 Å². The lowest BCUT2D eigenvalue weighted by Crippen LogP contribution is -2.27. The van der Waals surface area contributed by atoms with Crippen LogP contribution in [0.3, 0.4) is 0 Å². The first-order chi connectivity index (χ1) is 14.9. The Bertz CT molecular complexity index is 910. The monoisotopic (exact) mass is 446 g/mol. The molecule has 170 valence electrons. The summed E-state index contributed by atoms with van der Waals surface area (Å²) in [6, 6.07) is 10.5. The summed E-state index contributed by atoms with van der Waals surface area (Å²) in [6.45, 7) is 15.2. The number of likely N-dealkylation sites (N-methyl/N-ethyl adjacent to an activating group) is 2. The Balaban J connectivity index is 1.78. The fraction of sp³-hybridized carbons (Fsp3) is 0.500. The molecule has 6 nitrogen and oxygen atoms in total. The largest absolute Gasteiger partial charge is 0.492 e. The molecule has 31 heavy (non-hydrogen) atoms. The minimum Gasteiger partial charge on any atom is -0.492 e. The average Bonchev–Trinajstić information content (AvgIpc) is 3.00. The standard InChI is InChI=1S/C24H34N2O4S/c1-5-25(6-2)13-15-29-19-9-11-23-21(17-19)22-18-20(10-12-24(22)31(23,27)28)30-16-14-26(7-3)8-4/h9-12,17-18H,5-8,13-16H2,1-4H3. The molecule has 3 rings (SSSR count). The van der Waals surface area contributed by atoms with Crippen LogP contribution in [0.5, 0.6) is 11.5 Å². The van der Waals surface area contributed by atoms with E-state index in [9.17, 15) is 8.42 Å². The minimum atomic E-state index is -3.51. The fourth-order valence-corrected chi connectivity index (χ4v) is 5.52. The summed E-state index contributed by atoms with van der Waals surface area (Å²) in [7, 11) is -3.51. The van der Waals surface area contributed by atoms with Crippen LogP contribution in [0.4, 0.5) is 0 Å². The van der Waals surface area contributed by atoms with Gasteiger partial charge in [0.1, 0.15) is 24.7 Å². The van der Waals surface area contributed by atoms with Crippen LogP contribution in [0.25, 0.3) is 11.1 Å². The van der Waals surface area contributed by atoms with E-state index in [-0.39, 0.29) is 0 Å². The topological polar surface area (TPSA) is 59.1 Å². The second-order valence-corrected chi connectivity index (χ2v) is 9.46. The summed E-state index contributed by atoms with van der Waals surface area (Å²) < 4.78 is 37.8. The number of rotatable bonds is 12. The Morgan fingerprint density at radius 1 is 0.677 bits per heavy atom. The SMILES string of the molecule is CCN(CC)CCOc1ccc2c(c1)-c1cc(OCCN(CC)CC)ccc1S2(=O)=O. The quantitative estimate of drug-likeness (QED) is 0.420. The van der Waals surface area contributed by atoms with Crippen LogP contribution in [0.15, 0.2) is 46.2 Å². The molecule has 0 radical (unpaired) electrons. The third-order valence-electron chi connectivity index (χ3n) is 5.91. The molecular formula is C24H34N2O4S. The first-order valence-electron chi connectivity index (χ1n) is 11.2. The summed E-state index contributed by atoms with van der Waals surface area (Å²) in [4.78, 5) is 5.24. The Morgan fingerprint density at radius 3 is 1.42 bits per heavy atom. The van der Waals surface area contributed by atoms with Gasteiger partial charge in [-0.05, 0) is 62.6 Å². The zero-order valence-electron chi connectivity index (χ0n) is 19.1. The molecule has 2 aromatic carbocycles. The second kappa shape index (κ2) is 10.5. The number of ether oxygens (including phenoxy) is 2. The van der Waals surface area contributed by atoms with E-state index in [1.165, 1.54) is 0 Å². The zero-order valence-corrected chi connectivity index (χ0v) is 19.9. The van der Waals surface area contributed by atoms with Gasteiger partial charge in [0, 0.05) is 24.2 Å². The van der Waals surface area contributed by atoms with Crippen molar-refractivity contribution in [2.45, 2.75) is 37.5 Å². The van der Waals surface area contributed by atoms with Crippen molar-refractivity contribution in [1.82, 2.24) is 9.80 Å². The van der Waals surface area contributed by atoms with Crippen LogP contribution in [-0.4, -0.2) is 70.7 Å². The van der Waals surface area contributed by atoms with Gasteiger partial charge in [-0.1, -0.05) is 27.7 Å². The third kappa shape index (κ3) is 5.22. The minimum absolute atomic E-state index is 0.332. The molecule has 0 N–H and O–H groups in total. The number of hydrogen-bond donors (Lipinski definition) is 0. The Labute approximate surface area is 186 Å². The van der Waals surface area contributed by atoms with Crippen LogP contribution < -0.4 is 9.47 Å². The predicted molar refractivity (Wildman–Crippen MR) is 124 cm³/mol. The van der Waals surface area contributed by atoms with Gasteiger partial charge in [0.05, 0.1) is 9.79 Å². The van der Waals surface area contributed by atoms with E-state index in [0.717, 1.165) is 39.3 Å². The van der Waals surface area contributed by atoms with Crippen molar-refractivity contribution >= 4 is 9.84 Å². The van der Waals surface area contributed by atoms with Gasteiger partial charge in [-0.25, -0.2) is 8.42 Å². The van der Waals surface area contributed by atoms with E-state index < -0.39 is 9.84 Å².